The van der Waals surface area contributed by atoms with Gasteiger partial charge in [0, 0.05) is 42.4 Å². The van der Waals surface area contributed by atoms with Crippen LogP contribution in [-0.4, -0.2) is 49.4 Å². The molecule has 36 heavy (non-hydrogen) atoms. The van der Waals surface area contributed by atoms with Crippen molar-refractivity contribution < 1.29 is 23.1 Å². The molecule has 0 aliphatic carbocycles. The van der Waals surface area contributed by atoms with Gasteiger partial charge in [-0.05, 0) is 54.4 Å². The zero-order chi connectivity index (χ0) is 25.5. The average Bonchev–Trinajstić information content (AvgIpc) is 2.88. The van der Waals surface area contributed by atoms with Gasteiger partial charge < -0.3 is 21.1 Å². The Bertz CT molecular complexity index is 1390. The zero-order valence-electron chi connectivity index (χ0n) is 19.2. The lowest BCUT2D eigenvalue weighted by atomic mass is 10.1. The first-order valence-electron chi connectivity index (χ1n) is 11.3. The van der Waals surface area contributed by atoms with Crippen molar-refractivity contribution in [2.24, 2.45) is 4.99 Å². The Balaban J connectivity index is 1.54. The van der Waals surface area contributed by atoms with Crippen LogP contribution in [0, 0.1) is 0 Å². The van der Waals surface area contributed by atoms with Crippen molar-refractivity contribution in [3.05, 3.63) is 84.2 Å². The second kappa shape index (κ2) is 11.0. The van der Waals surface area contributed by atoms with E-state index in [-0.39, 0.29) is 16.1 Å². The number of carbonyl (C=O) groups excluding carboxylic acids is 1. The summed E-state index contributed by atoms with van der Waals surface area (Å²) in [6.07, 6.45) is 3.16. The number of amides is 1. The van der Waals surface area contributed by atoms with Crippen molar-refractivity contribution in [3.63, 3.8) is 0 Å². The van der Waals surface area contributed by atoms with Crippen LogP contribution < -0.4 is 16.0 Å². The summed E-state index contributed by atoms with van der Waals surface area (Å²) in [7, 11) is -4.10. The van der Waals surface area contributed by atoms with Crippen LogP contribution in [0.3, 0.4) is 0 Å². The molecule has 1 amide bonds. The van der Waals surface area contributed by atoms with Crippen LogP contribution in [0.5, 0.6) is 0 Å². The van der Waals surface area contributed by atoms with Gasteiger partial charge in [0.05, 0.1) is 11.3 Å². The highest BCUT2D eigenvalue weighted by Gasteiger charge is 2.31. The summed E-state index contributed by atoms with van der Waals surface area (Å²) in [4.78, 5) is 32.5. The number of sulfone groups is 1. The lowest BCUT2D eigenvalue weighted by molar-refractivity contribution is -0.137. The number of nitrogens with one attached hydrogen (secondary N) is 3. The third-order valence-corrected chi connectivity index (χ3v) is 7.59. The maximum absolute atomic E-state index is 13.4. The number of carboxylic acid groups (broad SMARTS) is 1. The molecule has 4 rings (SSSR count). The van der Waals surface area contributed by atoms with E-state index >= 15 is 0 Å². The molecule has 1 aliphatic rings. The summed E-state index contributed by atoms with van der Waals surface area (Å²) in [6.45, 7) is 1.54. The number of aliphatic carboxylic acids is 1. The Morgan fingerprint density at radius 2 is 1.86 bits per heavy atom. The van der Waals surface area contributed by atoms with Gasteiger partial charge in [0.15, 0.2) is 15.8 Å². The number of carboxylic acids is 1. The summed E-state index contributed by atoms with van der Waals surface area (Å²) in [5.41, 5.74) is 1.58. The Labute approximate surface area is 208 Å². The smallest absolute Gasteiger partial charge is 0.305 e. The van der Waals surface area contributed by atoms with Gasteiger partial charge in [0.2, 0.25) is 0 Å². The van der Waals surface area contributed by atoms with Gasteiger partial charge in [-0.2, -0.15) is 0 Å². The Morgan fingerprint density at radius 1 is 1.06 bits per heavy atom. The predicted octanol–water partition coefficient (Wildman–Crippen LogP) is 3.08. The molecule has 0 saturated carbocycles. The molecule has 2 heterocycles. The highest BCUT2D eigenvalue weighted by Crippen LogP contribution is 2.32. The van der Waals surface area contributed by atoms with E-state index < -0.39 is 33.4 Å². The van der Waals surface area contributed by atoms with Crippen LogP contribution >= 0.6 is 0 Å². The first kappa shape index (κ1) is 24.9. The van der Waals surface area contributed by atoms with Crippen LogP contribution in [0.1, 0.15) is 34.0 Å². The Kier molecular flexibility index (Phi) is 7.59. The average molecular weight is 508 g/mol. The number of anilines is 2. The standard InChI is InChI=1S/C25H25N5O5S/c31-23(32)15-22(18-6-3-10-26-16-18)36(34,35)21-9-2-8-20(14-21)29-24(33)17-5-1-7-19(13-17)30-25-27-11-4-12-28-25/h1-3,5-10,13-14,16,22H,4,11-12,15H2,(H,29,33)(H,31,32)(H2,27,28,30). The van der Waals surface area contributed by atoms with Crippen LogP contribution in [0.25, 0.3) is 0 Å². The molecule has 1 atom stereocenters. The molecule has 1 aliphatic heterocycles. The normalized spacial score (nSPS) is 14.2. The van der Waals surface area contributed by atoms with E-state index in [1.165, 1.54) is 36.7 Å². The van der Waals surface area contributed by atoms with E-state index in [0.29, 0.717) is 17.2 Å². The first-order valence-corrected chi connectivity index (χ1v) is 12.8. The van der Waals surface area contributed by atoms with Crippen LogP contribution in [0.2, 0.25) is 0 Å². The fraction of sp³-hybridized carbons (Fsp3) is 0.200. The number of aromatic nitrogens is 1. The van der Waals surface area contributed by atoms with Gasteiger partial charge in [-0.25, -0.2) is 8.42 Å². The molecule has 0 bridgehead atoms. The van der Waals surface area contributed by atoms with Gasteiger partial charge >= 0.3 is 5.97 Å². The monoisotopic (exact) mass is 507 g/mol. The number of hydrogen-bond acceptors (Lipinski definition) is 8. The number of benzene rings is 2. The minimum Gasteiger partial charge on any atom is -0.481 e. The van der Waals surface area contributed by atoms with Crippen LogP contribution in [-0.2, 0) is 14.6 Å². The maximum atomic E-state index is 13.4. The van der Waals surface area contributed by atoms with E-state index in [0.717, 1.165) is 19.5 Å². The molecule has 3 aromatic rings. The lowest BCUT2D eigenvalue weighted by Crippen LogP contribution is -2.35. The number of hydrogen-bond donors (Lipinski definition) is 4. The van der Waals surface area contributed by atoms with Crippen molar-refractivity contribution in [2.45, 2.75) is 23.0 Å². The highest BCUT2D eigenvalue weighted by molar-refractivity contribution is 7.91. The molecule has 0 fully saturated rings. The van der Waals surface area contributed by atoms with Crippen molar-refractivity contribution in [2.75, 3.05) is 23.7 Å². The van der Waals surface area contributed by atoms with E-state index in [4.69, 9.17) is 0 Å². The molecule has 1 aromatic heterocycles. The van der Waals surface area contributed by atoms with Gasteiger partial charge in [-0.1, -0.05) is 18.2 Å². The Morgan fingerprint density at radius 3 is 2.58 bits per heavy atom. The minimum atomic E-state index is -4.10. The SMILES string of the molecule is O=C(O)CC(c1cccnc1)S(=O)(=O)c1cccc(NC(=O)c2cccc(NC3=NCCCN3)c2)c1. The second-order valence-corrected chi connectivity index (χ2v) is 10.2. The quantitative estimate of drug-likeness (QED) is 0.363. The summed E-state index contributed by atoms with van der Waals surface area (Å²) >= 11 is 0. The molecule has 2 aromatic carbocycles. The van der Waals surface area contributed by atoms with E-state index in [1.54, 1.807) is 30.3 Å². The topological polar surface area (TPSA) is 150 Å². The van der Waals surface area contributed by atoms with Gasteiger partial charge in [-0.3, -0.25) is 19.6 Å². The molecule has 1 unspecified atom stereocenters. The van der Waals surface area contributed by atoms with E-state index in [1.807, 2.05) is 6.07 Å². The van der Waals surface area contributed by atoms with Gasteiger partial charge in [-0.15, -0.1) is 0 Å². The molecular formula is C25H25N5O5S. The molecule has 0 spiro atoms. The first-order chi connectivity index (χ1) is 17.3. The summed E-state index contributed by atoms with van der Waals surface area (Å²) < 4.78 is 26.8. The van der Waals surface area contributed by atoms with Crippen molar-refractivity contribution >= 4 is 39.0 Å². The molecule has 0 saturated heterocycles. The third kappa shape index (κ3) is 6.05. The van der Waals surface area contributed by atoms with Gasteiger partial charge in [0.25, 0.3) is 5.91 Å². The lowest BCUT2D eigenvalue weighted by Gasteiger charge is -2.17. The largest absolute Gasteiger partial charge is 0.481 e. The second-order valence-electron chi connectivity index (χ2n) is 8.12. The minimum absolute atomic E-state index is 0.104. The molecular weight excluding hydrogens is 482 g/mol. The van der Waals surface area contributed by atoms with Gasteiger partial charge in [0.1, 0.15) is 5.25 Å². The number of guanidine groups is 1. The summed E-state index contributed by atoms with van der Waals surface area (Å²) in [5.74, 6) is -1.04. The molecule has 10 nitrogen and oxygen atoms in total. The molecule has 0 radical (unpaired) electrons. The number of pyridine rings is 1. The van der Waals surface area contributed by atoms with Crippen molar-refractivity contribution in [1.29, 1.82) is 0 Å². The molecule has 186 valence electrons. The number of rotatable bonds is 8. The third-order valence-electron chi connectivity index (χ3n) is 5.50. The number of nitrogens with zero attached hydrogens (tertiary/aromatic N) is 2. The Hall–Kier alpha value is -4.25. The van der Waals surface area contributed by atoms with Crippen LogP contribution in [0.15, 0.2) is 82.9 Å². The van der Waals surface area contributed by atoms with E-state index in [9.17, 15) is 23.1 Å². The fourth-order valence-electron chi connectivity index (χ4n) is 3.74. The maximum Gasteiger partial charge on any atom is 0.305 e. The summed E-state index contributed by atoms with van der Waals surface area (Å²) in [6, 6.07) is 15.7. The predicted molar refractivity (Wildman–Crippen MR) is 136 cm³/mol. The van der Waals surface area contributed by atoms with Crippen molar-refractivity contribution in [1.82, 2.24) is 10.3 Å². The molecule has 11 heteroatoms. The highest BCUT2D eigenvalue weighted by atomic mass is 32.2. The van der Waals surface area contributed by atoms with Crippen LogP contribution in [0.4, 0.5) is 11.4 Å². The summed E-state index contributed by atoms with van der Waals surface area (Å²) in [5, 5.41) is 17.0. The van der Waals surface area contributed by atoms with Crippen molar-refractivity contribution in [3.8, 4) is 0 Å². The fourth-order valence-corrected chi connectivity index (χ4v) is 5.49. The zero-order valence-corrected chi connectivity index (χ0v) is 20.0. The molecule has 4 N–H and O–H groups in total. The number of aliphatic imine (C=N–C) groups is 1. The van der Waals surface area contributed by atoms with E-state index in [2.05, 4.69) is 25.9 Å². The number of carbonyl (C=O) groups is 2.